The van der Waals surface area contributed by atoms with Crippen LogP contribution in [0.5, 0.6) is 0 Å². The Morgan fingerprint density at radius 1 is 1.29 bits per heavy atom. The highest BCUT2D eigenvalue weighted by atomic mass is 16.3. The molecule has 24 heavy (non-hydrogen) atoms. The molecule has 1 aromatic rings. The lowest BCUT2D eigenvalue weighted by atomic mass is 9.88. The molecular formula is C19H21N3O2. The largest absolute Gasteiger partial charge is 0.387 e. The fraction of sp³-hybridized carbons (Fsp3) is 0.526. The van der Waals surface area contributed by atoms with Crippen molar-refractivity contribution < 1.29 is 9.90 Å². The second kappa shape index (κ2) is 5.42. The van der Waals surface area contributed by atoms with E-state index >= 15 is 0 Å². The van der Waals surface area contributed by atoms with Gasteiger partial charge in [0.05, 0.1) is 23.2 Å². The maximum absolute atomic E-state index is 12.4. The number of fused-ring (bicyclic) bond motifs is 1. The Bertz CT molecular complexity index is 774. The van der Waals surface area contributed by atoms with Crippen LogP contribution in [0.1, 0.15) is 55.7 Å². The van der Waals surface area contributed by atoms with Gasteiger partial charge in [-0.05, 0) is 49.7 Å². The van der Waals surface area contributed by atoms with Crippen molar-refractivity contribution in [3.05, 3.63) is 34.7 Å². The molecule has 1 aromatic heterocycles. The summed E-state index contributed by atoms with van der Waals surface area (Å²) in [5.74, 6) is -0.127. The van der Waals surface area contributed by atoms with E-state index in [4.69, 9.17) is 0 Å². The van der Waals surface area contributed by atoms with E-state index in [1.807, 2.05) is 6.07 Å². The van der Waals surface area contributed by atoms with Gasteiger partial charge in [-0.15, -0.1) is 0 Å². The Balaban J connectivity index is 1.78. The molecule has 5 nitrogen and oxygen atoms in total. The van der Waals surface area contributed by atoms with Gasteiger partial charge in [-0.2, -0.15) is 5.26 Å². The third-order valence-corrected chi connectivity index (χ3v) is 5.73. The number of piperidine rings is 1. The average molecular weight is 323 g/mol. The number of aliphatic hydroxyl groups excluding tert-OH is 1. The summed E-state index contributed by atoms with van der Waals surface area (Å²) in [5.41, 5.74) is 3.57. The highest BCUT2D eigenvalue weighted by molar-refractivity contribution is 6.09. The Morgan fingerprint density at radius 2 is 2.00 bits per heavy atom. The number of likely N-dealkylation sites (tertiary alicyclic amines) is 1. The third-order valence-electron chi connectivity index (χ3n) is 5.73. The first-order valence-electron chi connectivity index (χ1n) is 8.64. The zero-order chi connectivity index (χ0) is 16.9. The SMILES string of the molecule is CC(O)c1ccc2c(n1)C(N1CCC3(CC1)CC3)=C(C#N)C(=O)C2. The van der Waals surface area contributed by atoms with Crippen LogP contribution >= 0.6 is 0 Å². The number of aliphatic hydroxyl groups is 1. The molecule has 1 spiro atoms. The van der Waals surface area contributed by atoms with Crippen LogP contribution in [0.15, 0.2) is 17.7 Å². The predicted molar refractivity (Wildman–Crippen MR) is 88.6 cm³/mol. The quantitative estimate of drug-likeness (QED) is 0.904. The Labute approximate surface area is 141 Å². The van der Waals surface area contributed by atoms with Gasteiger partial charge in [0.25, 0.3) is 0 Å². The molecule has 1 N–H and O–H groups in total. The Hall–Kier alpha value is -2.19. The summed E-state index contributed by atoms with van der Waals surface area (Å²) in [6.45, 7) is 3.41. The van der Waals surface area contributed by atoms with E-state index in [-0.39, 0.29) is 17.8 Å². The molecule has 2 fully saturated rings. The molecular weight excluding hydrogens is 302 g/mol. The lowest BCUT2D eigenvalue weighted by molar-refractivity contribution is -0.114. The van der Waals surface area contributed by atoms with Gasteiger partial charge in [-0.1, -0.05) is 6.07 Å². The van der Waals surface area contributed by atoms with E-state index in [0.29, 0.717) is 22.5 Å². The monoisotopic (exact) mass is 323 g/mol. The van der Waals surface area contributed by atoms with Crippen molar-refractivity contribution in [1.29, 1.82) is 5.26 Å². The van der Waals surface area contributed by atoms with Crippen LogP contribution in [0.25, 0.3) is 5.70 Å². The van der Waals surface area contributed by atoms with Crippen LogP contribution in [-0.4, -0.2) is 33.9 Å². The number of pyridine rings is 1. The number of Topliss-reactive ketones (excluding diaryl/α,β-unsaturated/α-hetero) is 1. The van der Waals surface area contributed by atoms with E-state index in [9.17, 15) is 15.2 Å². The first-order chi connectivity index (χ1) is 11.5. The minimum Gasteiger partial charge on any atom is -0.387 e. The standard InChI is InChI=1S/C19H21N3O2/c1-12(23)15-3-2-13-10-16(24)14(11-20)18(17(13)21-15)22-8-6-19(4-5-19)7-9-22/h2-3,12,23H,4-10H2,1H3. The number of rotatable bonds is 2. The third kappa shape index (κ3) is 2.42. The fourth-order valence-corrected chi connectivity index (χ4v) is 3.90. The fourth-order valence-electron chi connectivity index (χ4n) is 3.90. The summed E-state index contributed by atoms with van der Waals surface area (Å²) >= 11 is 0. The zero-order valence-corrected chi connectivity index (χ0v) is 13.9. The van der Waals surface area contributed by atoms with E-state index in [1.165, 1.54) is 12.8 Å². The summed E-state index contributed by atoms with van der Waals surface area (Å²) in [5, 5.41) is 19.4. The van der Waals surface area contributed by atoms with Crippen molar-refractivity contribution in [3.63, 3.8) is 0 Å². The highest BCUT2D eigenvalue weighted by Gasteiger charge is 2.45. The smallest absolute Gasteiger partial charge is 0.180 e. The van der Waals surface area contributed by atoms with E-state index in [2.05, 4.69) is 16.0 Å². The summed E-state index contributed by atoms with van der Waals surface area (Å²) in [6, 6.07) is 5.74. The van der Waals surface area contributed by atoms with Crippen LogP contribution in [0.2, 0.25) is 0 Å². The number of hydrogen-bond donors (Lipinski definition) is 1. The van der Waals surface area contributed by atoms with E-state index in [0.717, 1.165) is 31.5 Å². The normalized spacial score (nSPS) is 23.0. The van der Waals surface area contributed by atoms with Gasteiger partial charge in [0.15, 0.2) is 5.78 Å². The molecule has 2 heterocycles. The van der Waals surface area contributed by atoms with Gasteiger partial charge in [0, 0.05) is 19.5 Å². The summed E-state index contributed by atoms with van der Waals surface area (Å²) in [7, 11) is 0. The number of carbonyl (C=O) groups excluding carboxylic acids is 1. The predicted octanol–water partition coefficient (Wildman–Crippen LogP) is 2.37. The van der Waals surface area contributed by atoms with Crippen molar-refractivity contribution >= 4 is 11.5 Å². The second-order valence-corrected chi connectivity index (χ2v) is 7.34. The molecule has 3 aliphatic rings. The number of nitriles is 1. The molecule has 1 unspecified atom stereocenters. The molecule has 5 heteroatoms. The molecule has 4 rings (SSSR count). The summed E-state index contributed by atoms with van der Waals surface area (Å²) in [6.07, 6.45) is 4.40. The number of nitrogens with zero attached hydrogens (tertiary/aromatic N) is 3. The summed E-state index contributed by atoms with van der Waals surface area (Å²) < 4.78 is 0. The summed E-state index contributed by atoms with van der Waals surface area (Å²) in [4.78, 5) is 19.2. The van der Waals surface area contributed by atoms with Crippen molar-refractivity contribution in [2.24, 2.45) is 5.41 Å². The van der Waals surface area contributed by atoms with Crippen molar-refractivity contribution in [3.8, 4) is 6.07 Å². The van der Waals surface area contributed by atoms with Crippen LogP contribution in [0, 0.1) is 16.7 Å². The molecule has 0 bridgehead atoms. The van der Waals surface area contributed by atoms with Gasteiger partial charge in [-0.3, -0.25) is 4.79 Å². The molecule has 2 aliphatic carbocycles. The van der Waals surface area contributed by atoms with Crippen LogP contribution in [0.4, 0.5) is 0 Å². The van der Waals surface area contributed by atoms with Crippen LogP contribution in [-0.2, 0) is 11.2 Å². The second-order valence-electron chi connectivity index (χ2n) is 7.34. The molecule has 124 valence electrons. The van der Waals surface area contributed by atoms with Gasteiger partial charge in [-0.25, -0.2) is 4.98 Å². The average Bonchev–Trinajstić information content (AvgIpc) is 3.33. The maximum atomic E-state index is 12.4. The van der Waals surface area contributed by atoms with E-state index in [1.54, 1.807) is 13.0 Å². The molecule has 0 aromatic carbocycles. The number of allylic oxidation sites excluding steroid dienone is 1. The molecule has 0 amide bonds. The molecule has 1 atom stereocenters. The highest BCUT2D eigenvalue weighted by Crippen LogP contribution is 2.54. The molecule has 1 aliphatic heterocycles. The molecule has 0 radical (unpaired) electrons. The van der Waals surface area contributed by atoms with Gasteiger partial charge in [0.2, 0.25) is 0 Å². The topological polar surface area (TPSA) is 77.2 Å². The Morgan fingerprint density at radius 3 is 2.58 bits per heavy atom. The lowest BCUT2D eigenvalue weighted by Gasteiger charge is -2.37. The van der Waals surface area contributed by atoms with Crippen LogP contribution in [0.3, 0.4) is 0 Å². The lowest BCUT2D eigenvalue weighted by Crippen LogP contribution is -2.36. The maximum Gasteiger partial charge on any atom is 0.180 e. The van der Waals surface area contributed by atoms with Crippen molar-refractivity contribution in [2.75, 3.05) is 13.1 Å². The van der Waals surface area contributed by atoms with Gasteiger partial charge >= 0.3 is 0 Å². The molecule has 1 saturated carbocycles. The van der Waals surface area contributed by atoms with Crippen molar-refractivity contribution in [2.45, 2.75) is 45.1 Å². The minimum atomic E-state index is -0.671. The van der Waals surface area contributed by atoms with Crippen LogP contribution < -0.4 is 0 Å². The minimum absolute atomic E-state index is 0.127. The first-order valence-corrected chi connectivity index (χ1v) is 8.64. The van der Waals surface area contributed by atoms with Crippen molar-refractivity contribution in [1.82, 2.24) is 9.88 Å². The Kier molecular flexibility index (Phi) is 3.47. The number of ketones is 1. The van der Waals surface area contributed by atoms with E-state index < -0.39 is 6.10 Å². The number of carbonyl (C=O) groups is 1. The van der Waals surface area contributed by atoms with Gasteiger partial charge < -0.3 is 10.0 Å². The van der Waals surface area contributed by atoms with Gasteiger partial charge in [0.1, 0.15) is 11.6 Å². The first kappa shape index (κ1) is 15.3. The number of aromatic nitrogens is 1. The number of hydrogen-bond acceptors (Lipinski definition) is 5. The molecule has 1 saturated heterocycles. The zero-order valence-electron chi connectivity index (χ0n) is 13.9.